The lowest BCUT2D eigenvalue weighted by Crippen LogP contribution is -2.29. The highest BCUT2D eigenvalue weighted by Crippen LogP contribution is 2.34. The number of ether oxygens (including phenoxy) is 2. The van der Waals surface area contributed by atoms with Gasteiger partial charge in [0.1, 0.15) is 0 Å². The molecule has 3 aromatic carbocycles. The number of carbonyl (C=O) groups excluding carboxylic acids is 1. The summed E-state index contributed by atoms with van der Waals surface area (Å²) in [7, 11) is -0.585. The number of fused-ring (bicyclic) bond motifs is 1. The molecule has 0 atom stereocenters. The zero-order valence-electron chi connectivity index (χ0n) is 18.1. The van der Waals surface area contributed by atoms with Gasteiger partial charge in [0.15, 0.2) is 11.5 Å². The molecule has 0 aromatic heterocycles. The van der Waals surface area contributed by atoms with Crippen LogP contribution in [0, 0.1) is 6.92 Å². The number of carbonyl (C=O) groups is 1. The van der Waals surface area contributed by atoms with Crippen LogP contribution in [0.4, 0.5) is 11.4 Å². The summed E-state index contributed by atoms with van der Waals surface area (Å²) in [5, 5.41) is 2.84. The molecule has 1 amide bonds. The van der Waals surface area contributed by atoms with E-state index in [1.807, 2.05) is 6.92 Å². The van der Waals surface area contributed by atoms with E-state index in [2.05, 4.69) is 5.32 Å². The van der Waals surface area contributed by atoms with Gasteiger partial charge in [-0.1, -0.05) is 17.7 Å². The molecule has 1 heterocycles. The summed E-state index contributed by atoms with van der Waals surface area (Å²) in [6.45, 7) is 2.25. The molecule has 4 rings (SSSR count). The quantitative estimate of drug-likeness (QED) is 0.611. The zero-order valence-corrected chi connectivity index (χ0v) is 18.9. The van der Waals surface area contributed by atoms with Gasteiger partial charge in [-0.15, -0.1) is 0 Å². The van der Waals surface area contributed by atoms with Crippen LogP contribution in [0.2, 0.25) is 0 Å². The van der Waals surface area contributed by atoms with Crippen LogP contribution in [-0.4, -0.2) is 35.1 Å². The standard InChI is InChI=1S/C24H24N2O5S/c1-16-4-8-20(9-5-16)32(28,29)26-13-12-17-14-18(6-10-21(17)26)24(27)25-19-7-11-22(30-2)23(15-19)31-3/h4-11,14-15H,12-13H2,1-3H3,(H,25,27). The van der Waals surface area contributed by atoms with Crippen LogP contribution in [0.5, 0.6) is 11.5 Å². The molecule has 0 fully saturated rings. The Labute approximate surface area is 187 Å². The van der Waals surface area contributed by atoms with Gasteiger partial charge >= 0.3 is 0 Å². The third-order valence-corrected chi connectivity index (χ3v) is 7.27. The highest BCUT2D eigenvalue weighted by atomic mass is 32.2. The van der Waals surface area contributed by atoms with Gasteiger partial charge in [0, 0.05) is 23.9 Å². The maximum absolute atomic E-state index is 13.1. The molecule has 3 aromatic rings. The molecule has 0 spiro atoms. The molecule has 0 unspecified atom stereocenters. The summed E-state index contributed by atoms with van der Waals surface area (Å²) in [5.41, 5.74) is 3.44. The molecule has 0 bridgehead atoms. The summed E-state index contributed by atoms with van der Waals surface area (Å²) in [4.78, 5) is 13.0. The van der Waals surface area contributed by atoms with Crippen LogP contribution >= 0.6 is 0 Å². The maximum atomic E-state index is 13.1. The topological polar surface area (TPSA) is 84.9 Å². The van der Waals surface area contributed by atoms with E-state index in [-0.39, 0.29) is 10.8 Å². The van der Waals surface area contributed by atoms with Crippen LogP contribution < -0.4 is 19.1 Å². The van der Waals surface area contributed by atoms with E-state index >= 15 is 0 Å². The molecular weight excluding hydrogens is 428 g/mol. The smallest absolute Gasteiger partial charge is 0.264 e. The lowest BCUT2D eigenvalue weighted by Gasteiger charge is -2.20. The fraction of sp³-hybridized carbons (Fsp3) is 0.208. The Balaban J connectivity index is 1.56. The Bertz CT molecular complexity index is 1270. The predicted molar refractivity (Wildman–Crippen MR) is 123 cm³/mol. The van der Waals surface area contributed by atoms with Crippen molar-refractivity contribution < 1.29 is 22.7 Å². The van der Waals surface area contributed by atoms with Gasteiger partial charge in [0.2, 0.25) is 0 Å². The minimum Gasteiger partial charge on any atom is -0.493 e. The van der Waals surface area contributed by atoms with Crippen molar-refractivity contribution in [1.82, 2.24) is 0 Å². The number of rotatable bonds is 6. The second kappa shape index (κ2) is 8.55. The Morgan fingerprint density at radius 3 is 2.34 bits per heavy atom. The molecule has 0 aliphatic carbocycles. The SMILES string of the molecule is COc1ccc(NC(=O)c2ccc3c(c2)CCN3S(=O)(=O)c2ccc(C)cc2)cc1OC. The van der Waals surface area contributed by atoms with Crippen molar-refractivity contribution in [2.24, 2.45) is 0 Å². The van der Waals surface area contributed by atoms with Gasteiger partial charge in [-0.3, -0.25) is 9.10 Å². The van der Waals surface area contributed by atoms with E-state index in [1.165, 1.54) is 11.4 Å². The van der Waals surface area contributed by atoms with E-state index in [0.29, 0.717) is 41.4 Å². The number of hydrogen-bond acceptors (Lipinski definition) is 5. The van der Waals surface area contributed by atoms with Crippen LogP contribution in [0.15, 0.2) is 65.6 Å². The van der Waals surface area contributed by atoms with Crippen molar-refractivity contribution in [3.05, 3.63) is 77.4 Å². The van der Waals surface area contributed by atoms with Crippen molar-refractivity contribution in [2.45, 2.75) is 18.2 Å². The van der Waals surface area contributed by atoms with Gasteiger partial charge in [-0.25, -0.2) is 8.42 Å². The van der Waals surface area contributed by atoms with Crippen molar-refractivity contribution in [2.75, 3.05) is 30.4 Å². The second-order valence-corrected chi connectivity index (χ2v) is 9.37. The molecule has 1 N–H and O–H groups in total. The molecule has 166 valence electrons. The average Bonchev–Trinajstić information content (AvgIpc) is 3.23. The molecule has 0 saturated carbocycles. The number of hydrogen-bond donors (Lipinski definition) is 1. The van der Waals surface area contributed by atoms with Crippen molar-refractivity contribution in [3.8, 4) is 11.5 Å². The van der Waals surface area contributed by atoms with Gasteiger partial charge in [0.25, 0.3) is 15.9 Å². The first-order valence-electron chi connectivity index (χ1n) is 10.1. The van der Waals surface area contributed by atoms with Crippen LogP contribution in [0.3, 0.4) is 0 Å². The number of aryl methyl sites for hydroxylation is 1. The summed E-state index contributed by atoms with van der Waals surface area (Å²) in [6.07, 6.45) is 0.540. The fourth-order valence-corrected chi connectivity index (χ4v) is 5.22. The third kappa shape index (κ3) is 4.01. The molecule has 8 heteroatoms. The zero-order chi connectivity index (χ0) is 22.9. The molecule has 7 nitrogen and oxygen atoms in total. The van der Waals surface area contributed by atoms with Gasteiger partial charge in [-0.05, 0) is 61.4 Å². The summed E-state index contributed by atoms with van der Waals surface area (Å²) >= 11 is 0. The summed E-state index contributed by atoms with van der Waals surface area (Å²) in [6, 6.07) is 17.0. The van der Waals surface area contributed by atoms with E-state index < -0.39 is 10.0 Å². The number of nitrogens with one attached hydrogen (secondary N) is 1. The Morgan fingerprint density at radius 2 is 1.66 bits per heavy atom. The van der Waals surface area contributed by atoms with Crippen molar-refractivity contribution in [3.63, 3.8) is 0 Å². The maximum Gasteiger partial charge on any atom is 0.264 e. The molecule has 0 radical (unpaired) electrons. The normalized spacial score (nSPS) is 12.9. The monoisotopic (exact) mass is 452 g/mol. The minimum atomic E-state index is -3.66. The van der Waals surface area contributed by atoms with Crippen LogP contribution in [0.25, 0.3) is 0 Å². The first-order valence-corrected chi connectivity index (χ1v) is 11.5. The first kappa shape index (κ1) is 21.7. The number of nitrogens with zero attached hydrogens (tertiary/aromatic N) is 1. The number of sulfonamides is 1. The highest BCUT2D eigenvalue weighted by Gasteiger charge is 2.31. The lowest BCUT2D eigenvalue weighted by atomic mass is 10.1. The summed E-state index contributed by atoms with van der Waals surface area (Å²) in [5.74, 6) is 0.786. The molecular formula is C24H24N2O5S. The lowest BCUT2D eigenvalue weighted by molar-refractivity contribution is 0.102. The summed E-state index contributed by atoms with van der Waals surface area (Å²) < 4.78 is 38.1. The largest absolute Gasteiger partial charge is 0.493 e. The molecule has 32 heavy (non-hydrogen) atoms. The minimum absolute atomic E-state index is 0.256. The molecule has 1 aliphatic heterocycles. The number of anilines is 2. The first-order chi connectivity index (χ1) is 15.3. The Morgan fingerprint density at radius 1 is 0.938 bits per heavy atom. The van der Waals surface area contributed by atoms with Crippen molar-refractivity contribution in [1.29, 1.82) is 0 Å². The molecule has 0 saturated heterocycles. The Kier molecular flexibility index (Phi) is 5.80. The van der Waals surface area contributed by atoms with Crippen molar-refractivity contribution >= 4 is 27.3 Å². The Hall–Kier alpha value is -3.52. The van der Waals surface area contributed by atoms with Crippen LogP contribution in [0.1, 0.15) is 21.5 Å². The number of amides is 1. The number of benzene rings is 3. The van der Waals surface area contributed by atoms with E-state index in [9.17, 15) is 13.2 Å². The van der Waals surface area contributed by atoms with E-state index in [4.69, 9.17) is 9.47 Å². The third-order valence-electron chi connectivity index (χ3n) is 5.44. The fourth-order valence-electron chi connectivity index (χ4n) is 3.72. The van der Waals surface area contributed by atoms with Gasteiger partial charge in [0.05, 0.1) is 24.8 Å². The number of methoxy groups -OCH3 is 2. The average molecular weight is 453 g/mol. The molecule has 1 aliphatic rings. The van der Waals surface area contributed by atoms with Gasteiger partial charge < -0.3 is 14.8 Å². The predicted octanol–water partition coefficient (Wildman–Crippen LogP) is 4.02. The van der Waals surface area contributed by atoms with Gasteiger partial charge in [-0.2, -0.15) is 0 Å². The van der Waals surface area contributed by atoms with E-state index in [1.54, 1.807) is 67.8 Å². The second-order valence-electron chi connectivity index (χ2n) is 7.51. The highest BCUT2D eigenvalue weighted by molar-refractivity contribution is 7.92. The van der Waals surface area contributed by atoms with Crippen LogP contribution in [-0.2, 0) is 16.4 Å². The van der Waals surface area contributed by atoms with E-state index in [0.717, 1.165) is 11.1 Å².